The van der Waals surface area contributed by atoms with Gasteiger partial charge in [0.15, 0.2) is 0 Å². The van der Waals surface area contributed by atoms with E-state index in [2.05, 4.69) is 30.4 Å². The summed E-state index contributed by atoms with van der Waals surface area (Å²) in [5, 5.41) is 8.00. The first kappa shape index (κ1) is 21.1. The molecular formula is C24H24ClN7O2. The summed E-state index contributed by atoms with van der Waals surface area (Å²) in [6.45, 7) is 2.18. The van der Waals surface area contributed by atoms with E-state index < -0.39 is 0 Å². The fourth-order valence-corrected chi connectivity index (χ4v) is 5.43. The molecule has 1 aromatic carbocycles. The highest BCUT2D eigenvalue weighted by Gasteiger charge is 2.39. The zero-order valence-corrected chi connectivity index (χ0v) is 19.2. The molecule has 0 aliphatic carbocycles. The second-order valence-electron chi connectivity index (χ2n) is 8.94. The van der Waals surface area contributed by atoms with Gasteiger partial charge >= 0.3 is 0 Å². The van der Waals surface area contributed by atoms with E-state index in [4.69, 9.17) is 22.3 Å². The number of halogens is 1. The third-order valence-corrected chi connectivity index (χ3v) is 7.27. The number of aromatic nitrogens is 4. The highest BCUT2D eigenvalue weighted by molar-refractivity contribution is 6.30. The van der Waals surface area contributed by atoms with E-state index in [0.29, 0.717) is 17.6 Å². The van der Waals surface area contributed by atoms with Gasteiger partial charge in [-0.05, 0) is 53.8 Å². The fourth-order valence-electron chi connectivity index (χ4n) is 5.30. The van der Waals surface area contributed by atoms with Gasteiger partial charge in [0.2, 0.25) is 11.5 Å². The maximum Gasteiger partial charge on any atom is 0.280 e. The molecule has 0 spiro atoms. The van der Waals surface area contributed by atoms with Crippen LogP contribution in [-0.4, -0.2) is 60.6 Å². The number of hydrogen-bond acceptors (Lipinski definition) is 7. The van der Waals surface area contributed by atoms with E-state index >= 15 is 0 Å². The zero-order valence-electron chi connectivity index (χ0n) is 18.5. The van der Waals surface area contributed by atoms with Crippen molar-refractivity contribution in [1.82, 2.24) is 29.5 Å². The van der Waals surface area contributed by atoms with Gasteiger partial charge in [-0.2, -0.15) is 0 Å². The molecule has 7 rings (SSSR count). The number of rotatable bonds is 4. The minimum Gasteiger partial charge on any atom is -0.379 e. The number of nitrogen functional groups attached to an aromatic ring is 1. The summed E-state index contributed by atoms with van der Waals surface area (Å²) in [4.78, 5) is 22.4. The molecule has 0 radical (unpaired) electrons. The second kappa shape index (κ2) is 8.41. The molecule has 9 nitrogen and oxygen atoms in total. The third-order valence-electron chi connectivity index (χ3n) is 7.02. The van der Waals surface area contributed by atoms with Crippen LogP contribution in [-0.2, 0) is 6.54 Å². The number of fused-ring (bicyclic) bond motifs is 5. The lowest BCUT2D eigenvalue weighted by Gasteiger charge is -2.38. The van der Waals surface area contributed by atoms with Crippen LogP contribution in [0.4, 0.5) is 5.82 Å². The minimum atomic E-state index is -0.206. The summed E-state index contributed by atoms with van der Waals surface area (Å²) in [6, 6.07) is 14.3. The number of amides is 1. The summed E-state index contributed by atoms with van der Waals surface area (Å²) in [7, 11) is 0. The SMILES string of the molecule is Nc1nonc1C(=O)N1CCC2CCC1CN2Cc1c(-c2ccc(Cl)cc2)nc2ccccn12. The minimum absolute atomic E-state index is 0.0407. The van der Waals surface area contributed by atoms with Gasteiger partial charge in [0.1, 0.15) is 5.65 Å². The highest BCUT2D eigenvalue weighted by Crippen LogP contribution is 2.33. The van der Waals surface area contributed by atoms with Crippen LogP contribution in [0.2, 0.25) is 5.02 Å². The molecule has 34 heavy (non-hydrogen) atoms. The summed E-state index contributed by atoms with van der Waals surface area (Å²) >= 11 is 6.13. The Bertz CT molecular complexity index is 1350. The molecule has 3 aliphatic rings. The lowest BCUT2D eigenvalue weighted by atomic mass is 9.98. The van der Waals surface area contributed by atoms with Crippen molar-refractivity contribution in [2.45, 2.75) is 37.9 Å². The predicted octanol–water partition coefficient (Wildman–Crippen LogP) is 3.50. The zero-order chi connectivity index (χ0) is 23.2. The largest absolute Gasteiger partial charge is 0.379 e. The van der Waals surface area contributed by atoms with Gasteiger partial charge in [0, 0.05) is 48.5 Å². The number of benzene rings is 1. The van der Waals surface area contributed by atoms with E-state index in [9.17, 15) is 4.79 Å². The van der Waals surface area contributed by atoms with Gasteiger partial charge in [-0.15, -0.1) is 0 Å². The molecule has 2 unspecified atom stereocenters. The number of carbonyl (C=O) groups is 1. The third kappa shape index (κ3) is 3.61. The maximum atomic E-state index is 13.1. The number of nitrogens with two attached hydrogens (primary N) is 1. The summed E-state index contributed by atoms with van der Waals surface area (Å²) < 4.78 is 6.82. The van der Waals surface area contributed by atoms with Crippen LogP contribution < -0.4 is 5.73 Å². The highest BCUT2D eigenvalue weighted by atomic mass is 35.5. The lowest BCUT2D eigenvalue weighted by molar-refractivity contribution is 0.0594. The van der Waals surface area contributed by atoms with E-state index in [1.54, 1.807) is 0 Å². The van der Waals surface area contributed by atoms with Gasteiger partial charge in [0.25, 0.3) is 5.91 Å². The van der Waals surface area contributed by atoms with Crippen molar-refractivity contribution in [2.75, 3.05) is 18.8 Å². The number of imidazole rings is 1. The Morgan fingerprint density at radius 1 is 1.09 bits per heavy atom. The Kier molecular flexibility index (Phi) is 5.23. The van der Waals surface area contributed by atoms with Crippen LogP contribution in [0.15, 0.2) is 53.3 Å². The van der Waals surface area contributed by atoms with Crippen molar-refractivity contribution >= 4 is 29.0 Å². The van der Waals surface area contributed by atoms with Crippen molar-refractivity contribution in [3.8, 4) is 11.3 Å². The van der Waals surface area contributed by atoms with Crippen molar-refractivity contribution < 1.29 is 9.42 Å². The van der Waals surface area contributed by atoms with E-state index in [0.717, 1.165) is 55.0 Å². The quantitative estimate of drug-likeness (QED) is 0.479. The Morgan fingerprint density at radius 2 is 1.91 bits per heavy atom. The van der Waals surface area contributed by atoms with Crippen LogP contribution in [0.1, 0.15) is 35.4 Å². The first-order chi connectivity index (χ1) is 16.6. The van der Waals surface area contributed by atoms with Crippen LogP contribution in [0.25, 0.3) is 16.9 Å². The van der Waals surface area contributed by atoms with Gasteiger partial charge in [-0.1, -0.05) is 29.8 Å². The average molecular weight is 478 g/mol. The average Bonchev–Trinajstić information content (AvgIpc) is 3.31. The maximum absolute atomic E-state index is 13.1. The molecule has 2 bridgehead atoms. The standard InChI is InChI=1S/C24H24ClN7O2/c25-16-6-4-15(5-7-16)21-19(32-11-2-1-3-20(32)27-21)14-30-13-18-9-8-17(30)10-12-31(18)24(33)22-23(26)29-34-28-22/h1-7,11,17-18H,8-10,12-14H2,(H2,26,29). The number of carbonyl (C=O) groups excluding carboxylic acids is 1. The molecule has 10 heteroatoms. The Hall–Kier alpha value is -3.43. The van der Waals surface area contributed by atoms with Gasteiger partial charge in [0.05, 0.1) is 11.4 Å². The molecule has 3 aromatic heterocycles. The smallest absolute Gasteiger partial charge is 0.280 e. The summed E-state index contributed by atoms with van der Waals surface area (Å²) in [6.07, 6.45) is 4.94. The molecule has 4 aromatic rings. The van der Waals surface area contributed by atoms with Crippen LogP contribution in [0.5, 0.6) is 0 Å². The Balaban J connectivity index is 1.32. The molecule has 2 N–H and O–H groups in total. The van der Waals surface area contributed by atoms with Gasteiger partial charge in [-0.3, -0.25) is 9.69 Å². The van der Waals surface area contributed by atoms with E-state index in [1.807, 2.05) is 47.4 Å². The van der Waals surface area contributed by atoms with Crippen molar-refractivity contribution in [2.24, 2.45) is 0 Å². The lowest BCUT2D eigenvalue weighted by Crippen LogP contribution is -2.48. The summed E-state index contributed by atoms with van der Waals surface area (Å²) in [5.41, 5.74) is 9.93. The van der Waals surface area contributed by atoms with E-state index in [1.165, 1.54) is 0 Å². The number of hydrogen-bond donors (Lipinski definition) is 1. The number of pyridine rings is 1. The number of piperidine rings is 1. The topological polar surface area (TPSA) is 106 Å². The van der Waals surface area contributed by atoms with Gasteiger partial charge < -0.3 is 15.0 Å². The van der Waals surface area contributed by atoms with Crippen LogP contribution in [0, 0.1) is 0 Å². The van der Waals surface area contributed by atoms with Crippen LogP contribution >= 0.6 is 11.6 Å². The molecule has 174 valence electrons. The molecule has 3 aliphatic heterocycles. The Labute approximate surface area is 201 Å². The van der Waals surface area contributed by atoms with E-state index in [-0.39, 0.29) is 23.5 Å². The molecule has 1 amide bonds. The molecule has 0 saturated carbocycles. The molecule has 2 atom stereocenters. The Morgan fingerprint density at radius 3 is 2.71 bits per heavy atom. The second-order valence-corrected chi connectivity index (χ2v) is 9.38. The molecule has 3 fully saturated rings. The normalized spacial score (nSPS) is 20.7. The predicted molar refractivity (Wildman–Crippen MR) is 127 cm³/mol. The number of anilines is 1. The van der Waals surface area contributed by atoms with Crippen molar-refractivity contribution in [1.29, 1.82) is 0 Å². The number of nitrogens with zero attached hydrogens (tertiary/aromatic N) is 6. The van der Waals surface area contributed by atoms with Crippen molar-refractivity contribution in [3.05, 3.63) is 65.1 Å². The molecule has 3 saturated heterocycles. The summed E-state index contributed by atoms with van der Waals surface area (Å²) in [5.74, 6) is -0.165. The van der Waals surface area contributed by atoms with Crippen molar-refractivity contribution in [3.63, 3.8) is 0 Å². The molecular weight excluding hydrogens is 454 g/mol. The molecule has 6 heterocycles. The van der Waals surface area contributed by atoms with Gasteiger partial charge in [-0.25, -0.2) is 9.61 Å². The first-order valence-electron chi connectivity index (χ1n) is 11.4. The first-order valence-corrected chi connectivity index (χ1v) is 11.8. The monoisotopic (exact) mass is 477 g/mol. The fraction of sp³-hybridized carbons (Fsp3) is 0.333. The van der Waals surface area contributed by atoms with Crippen LogP contribution in [0.3, 0.4) is 0 Å².